The summed E-state index contributed by atoms with van der Waals surface area (Å²) in [6, 6.07) is 11.4. The van der Waals surface area contributed by atoms with Gasteiger partial charge in [-0.05, 0) is 43.2 Å². The Morgan fingerprint density at radius 3 is 2.82 bits per heavy atom. The van der Waals surface area contributed by atoms with E-state index in [0.717, 1.165) is 24.8 Å². The van der Waals surface area contributed by atoms with Crippen molar-refractivity contribution in [3.05, 3.63) is 81.3 Å². The van der Waals surface area contributed by atoms with E-state index in [9.17, 15) is 4.79 Å². The summed E-state index contributed by atoms with van der Waals surface area (Å²) >= 11 is 1.44. The van der Waals surface area contributed by atoms with Gasteiger partial charge in [0.2, 0.25) is 0 Å². The first-order chi connectivity index (χ1) is 13.7. The maximum atomic E-state index is 12.8. The number of rotatable bonds is 6. The smallest absolute Gasteiger partial charge is 0.192 e. The molecule has 0 N–H and O–H groups in total. The van der Waals surface area contributed by atoms with Crippen LogP contribution in [0.3, 0.4) is 0 Å². The van der Waals surface area contributed by atoms with Crippen molar-refractivity contribution in [1.82, 2.24) is 0 Å². The van der Waals surface area contributed by atoms with Crippen LogP contribution in [0.2, 0.25) is 0 Å². The molecule has 4 rings (SSSR count). The van der Waals surface area contributed by atoms with E-state index in [-0.39, 0.29) is 11.7 Å². The molecule has 0 spiro atoms. The molecule has 0 saturated carbocycles. The van der Waals surface area contributed by atoms with Crippen molar-refractivity contribution in [3.8, 4) is 0 Å². The summed E-state index contributed by atoms with van der Waals surface area (Å²) in [6.45, 7) is 2.87. The highest BCUT2D eigenvalue weighted by Gasteiger charge is 2.50. The fourth-order valence-electron chi connectivity index (χ4n) is 3.62. The van der Waals surface area contributed by atoms with Gasteiger partial charge in [-0.15, -0.1) is 0 Å². The van der Waals surface area contributed by atoms with Crippen molar-refractivity contribution in [2.45, 2.75) is 50.1 Å². The third kappa shape index (κ3) is 3.96. The van der Waals surface area contributed by atoms with Gasteiger partial charge in [-0.1, -0.05) is 42.1 Å². The molecule has 3 heterocycles. The molecular formula is C22H24O5S. The van der Waals surface area contributed by atoms with E-state index in [1.165, 1.54) is 24.1 Å². The van der Waals surface area contributed by atoms with Crippen molar-refractivity contribution in [2.75, 3.05) is 6.61 Å². The third-order valence-electron chi connectivity index (χ3n) is 5.00. The molecule has 148 valence electrons. The Bertz CT molecular complexity index is 872. The van der Waals surface area contributed by atoms with Crippen molar-refractivity contribution >= 4 is 11.8 Å². The van der Waals surface area contributed by atoms with Crippen LogP contribution >= 0.6 is 11.8 Å². The van der Waals surface area contributed by atoms with Crippen LogP contribution in [0.25, 0.3) is 0 Å². The normalized spacial score (nSPS) is 27.2. The maximum absolute atomic E-state index is 12.8. The number of hydrogen-bond acceptors (Lipinski definition) is 6. The van der Waals surface area contributed by atoms with E-state index < -0.39 is 11.0 Å². The van der Waals surface area contributed by atoms with Crippen LogP contribution in [-0.2, 0) is 25.8 Å². The Morgan fingerprint density at radius 2 is 2.07 bits per heavy atom. The van der Waals surface area contributed by atoms with Crippen molar-refractivity contribution < 1.29 is 18.6 Å². The van der Waals surface area contributed by atoms with Gasteiger partial charge in [-0.25, -0.2) is 0 Å². The van der Waals surface area contributed by atoms with Crippen LogP contribution < -0.4 is 5.43 Å². The highest BCUT2D eigenvalue weighted by Crippen LogP contribution is 2.49. The second-order valence-corrected chi connectivity index (χ2v) is 8.08. The summed E-state index contributed by atoms with van der Waals surface area (Å²) in [4.78, 5) is 11.8. The molecule has 1 aromatic carbocycles. The molecule has 1 saturated heterocycles. The minimum absolute atomic E-state index is 0.121. The molecule has 2 aliphatic rings. The number of benzene rings is 1. The lowest BCUT2D eigenvalue weighted by atomic mass is 10.0. The Morgan fingerprint density at radius 1 is 1.21 bits per heavy atom. The first-order valence-corrected chi connectivity index (χ1v) is 10.5. The predicted octanol–water partition coefficient (Wildman–Crippen LogP) is 4.49. The van der Waals surface area contributed by atoms with Gasteiger partial charge in [-0.3, -0.25) is 4.79 Å². The zero-order valence-corrected chi connectivity index (χ0v) is 16.7. The first-order valence-electron chi connectivity index (χ1n) is 9.57. The molecular weight excluding hydrogens is 376 g/mol. The molecule has 28 heavy (non-hydrogen) atoms. The molecule has 2 aliphatic heterocycles. The zero-order valence-electron chi connectivity index (χ0n) is 15.8. The van der Waals surface area contributed by atoms with Crippen LogP contribution in [0.4, 0.5) is 0 Å². The van der Waals surface area contributed by atoms with E-state index in [2.05, 4.69) is 0 Å². The number of aryl methyl sites for hydroxylation is 1. The van der Waals surface area contributed by atoms with Crippen LogP contribution in [-0.4, -0.2) is 19.0 Å². The largest absolute Gasteiger partial charge is 0.469 e. The average molecular weight is 400 g/mol. The SMILES string of the molecule is Cc1occc(=O)c1C1(OC2CCCCO2)SC=CC1OCc1ccccc1. The third-order valence-corrected chi connectivity index (χ3v) is 6.18. The Labute approximate surface area is 168 Å². The van der Waals surface area contributed by atoms with E-state index in [1.54, 1.807) is 6.92 Å². The fourth-order valence-corrected chi connectivity index (χ4v) is 4.85. The second-order valence-electron chi connectivity index (χ2n) is 6.96. The molecule has 0 amide bonds. The summed E-state index contributed by atoms with van der Waals surface area (Å²) in [5.41, 5.74) is 1.42. The molecule has 6 heteroatoms. The van der Waals surface area contributed by atoms with Gasteiger partial charge in [0, 0.05) is 12.7 Å². The van der Waals surface area contributed by atoms with E-state index in [1.807, 2.05) is 41.8 Å². The van der Waals surface area contributed by atoms with E-state index in [4.69, 9.17) is 18.6 Å². The number of thioether (sulfide) groups is 1. The monoisotopic (exact) mass is 400 g/mol. The first kappa shape index (κ1) is 19.5. The molecule has 3 unspecified atom stereocenters. The van der Waals surface area contributed by atoms with Crippen LogP contribution in [0, 0.1) is 6.92 Å². The Hall–Kier alpha value is -1.86. The summed E-state index contributed by atoms with van der Waals surface area (Å²) in [7, 11) is 0. The molecule has 0 aliphatic carbocycles. The molecule has 3 atom stereocenters. The van der Waals surface area contributed by atoms with Crippen LogP contribution in [0.5, 0.6) is 0 Å². The van der Waals surface area contributed by atoms with Gasteiger partial charge in [0.1, 0.15) is 11.9 Å². The minimum Gasteiger partial charge on any atom is -0.469 e. The maximum Gasteiger partial charge on any atom is 0.192 e. The molecule has 2 aromatic rings. The average Bonchev–Trinajstić information content (AvgIpc) is 3.10. The lowest BCUT2D eigenvalue weighted by Crippen LogP contribution is -2.45. The van der Waals surface area contributed by atoms with Gasteiger partial charge in [-0.2, -0.15) is 0 Å². The van der Waals surface area contributed by atoms with Gasteiger partial charge in [0.15, 0.2) is 16.7 Å². The molecule has 0 radical (unpaired) electrons. The number of hydrogen-bond donors (Lipinski definition) is 0. The summed E-state index contributed by atoms with van der Waals surface area (Å²) in [5, 5.41) is 1.93. The summed E-state index contributed by atoms with van der Waals surface area (Å²) in [5.74, 6) is 0.535. The lowest BCUT2D eigenvalue weighted by Gasteiger charge is -2.38. The minimum atomic E-state index is -1.03. The van der Waals surface area contributed by atoms with E-state index in [0.29, 0.717) is 24.5 Å². The van der Waals surface area contributed by atoms with Crippen LogP contribution in [0.1, 0.15) is 36.1 Å². The second kappa shape index (κ2) is 8.66. The lowest BCUT2D eigenvalue weighted by molar-refractivity contribution is -0.223. The zero-order chi connectivity index (χ0) is 19.4. The standard InChI is InChI=1S/C22H24O5S/c1-16-21(18(23)10-13-24-16)22(27-20-9-5-6-12-25-20)19(11-14-28-22)26-15-17-7-3-2-4-8-17/h2-4,7-8,10-11,13-14,19-20H,5-6,9,12,15H2,1H3. The Balaban J connectivity index is 1.66. The van der Waals surface area contributed by atoms with Gasteiger partial charge < -0.3 is 18.6 Å². The van der Waals surface area contributed by atoms with Crippen molar-refractivity contribution in [1.29, 1.82) is 0 Å². The highest BCUT2D eigenvalue weighted by atomic mass is 32.2. The molecule has 5 nitrogen and oxygen atoms in total. The summed E-state index contributed by atoms with van der Waals surface area (Å²) < 4.78 is 24.1. The van der Waals surface area contributed by atoms with Gasteiger partial charge in [0.25, 0.3) is 0 Å². The predicted molar refractivity (Wildman–Crippen MR) is 108 cm³/mol. The van der Waals surface area contributed by atoms with Gasteiger partial charge in [0.05, 0.1) is 18.4 Å². The van der Waals surface area contributed by atoms with Crippen molar-refractivity contribution in [3.63, 3.8) is 0 Å². The summed E-state index contributed by atoms with van der Waals surface area (Å²) in [6.07, 6.45) is 5.41. The molecule has 0 bridgehead atoms. The topological polar surface area (TPSA) is 57.9 Å². The fraction of sp³-hybridized carbons (Fsp3) is 0.409. The quantitative estimate of drug-likeness (QED) is 0.712. The van der Waals surface area contributed by atoms with Crippen LogP contribution in [0.15, 0.2) is 63.4 Å². The van der Waals surface area contributed by atoms with Crippen molar-refractivity contribution in [2.24, 2.45) is 0 Å². The highest BCUT2D eigenvalue weighted by molar-refractivity contribution is 8.03. The Kier molecular flexibility index (Phi) is 6.01. The molecule has 1 fully saturated rings. The molecule has 1 aromatic heterocycles. The van der Waals surface area contributed by atoms with Gasteiger partial charge >= 0.3 is 0 Å². The van der Waals surface area contributed by atoms with E-state index >= 15 is 0 Å². The number of ether oxygens (including phenoxy) is 3.